The first-order chi connectivity index (χ1) is 10.7. The van der Waals surface area contributed by atoms with Crippen molar-refractivity contribution in [3.05, 3.63) is 47.8 Å². The van der Waals surface area contributed by atoms with Gasteiger partial charge in [0.2, 0.25) is 0 Å². The first-order valence-corrected chi connectivity index (χ1v) is 8.14. The normalized spacial score (nSPS) is 22.8. The summed E-state index contributed by atoms with van der Waals surface area (Å²) in [7, 11) is 0. The third kappa shape index (κ3) is 3.74. The van der Waals surface area contributed by atoms with Crippen molar-refractivity contribution in [2.45, 2.75) is 19.3 Å². The highest BCUT2D eigenvalue weighted by molar-refractivity contribution is 5.94. The van der Waals surface area contributed by atoms with Crippen LogP contribution >= 0.6 is 0 Å². The highest BCUT2D eigenvalue weighted by Crippen LogP contribution is 2.20. The number of carbonyl (C=O) groups excluding carboxylic acids is 1. The molecule has 0 spiro atoms. The number of piperazine rings is 1. The summed E-state index contributed by atoms with van der Waals surface area (Å²) in [6.45, 7) is 4.44. The predicted octanol–water partition coefficient (Wildman–Crippen LogP) is 2.94. The fourth-order valence-electron chi connectivity index (χ4n) is 3.32. The molecule has 0 radical (unpaired) electrons. The fourth-order valence-corrected chi connectivity index (χ4v) is 3.32. The van der Waals surface area contributed by atoms with Crippen LogP contribution in [0.1, 0.15) is 29.6 Å². The molecule has 22 heavy (non-hydrogen) atoms. The molecule has 0 N–H and O–H groups in total. The summed E-state index contributed by atoms with van der Waals surface area (Å²) in [4.78, 5) is 16.7. The zero-order valence-electron chi connectivity index (χ0n) is 12.9. The van der Waals surface area contributed by atoms with Crippen molar-refractivity contribution in [3.63, 3.8) is 0 Å². The Balaban J connectivity index is 1.51. The van der Waals surface area contributed by atoms with Gasteiger partial charge in [-0.2, -0.15) is 0 Å². The lowest BCUT2D eigenvalue weighted by Gasteiger charge is -2.36. The number of amides is 1. The molecule has 0 unspecified atom stereocenters. The molecule has 1 amide bonds. The first-order valence-electron chi connectivity index (χ1n) is 8.14. The van der Waals surface area contributed by atoms with Crippen LogP contribution in [0.15, 0.2) is 36.4 Å². The summed E-state index contributed by atoms with van der Waals surface area (Å²) in [5.41, 5.74) is 0.450. The molecule has 3 rings (SSSR count). The lowest BCUT2D eigenvalue weighted by molar-refractivity contribution is 0.0614. The van der Waals surface area contributed by atoms with E-state index in [-0.39, 0.29) is 11.7 Å². The molecule has 1 aliphatic carbocycles. The Kier molecular flexibility index (Phi) is 4.88. The number of hydrogen-bond donors (Lipinski definition) is 0. The third-order valence-electron chi connectivity index (χ3n) is 4.63. The SMILES string of the molecule is O=C(c1cccc(F)c1)N1CCN(C[C@H]2CC=CCC2)CC1. The number of halogens is 1. The van der Waals surface area contributed by atoms with E-state index in [1.54, 1.807) is 12.1 Å². The van der Waals surface area contributed by atoms with Crippen LogP contribution in [0.4, 0.5) is 4.39 Å². The molecule has 1 aromatic carbocycles. The van der Waals surface area contributed by atoms with Crippen LogP contribution in [0.25, 0.3) is 0 Å². The maximum absolute atomic E-state index is 13.2. The van der Waals surface area contributed by atoms with Gasteiger partial charge in [0.15, 0.2) is 0 Å². The smallest absolute Gasteiger partial charge is 0.254 e. The van der Waals surface area contributed by atoms with Gasteiger partial charge in [-0.05, 0) is 43.4 Å². The first kappa shape index (κ1) is 15.2. The molecule has 0 bridgehead atoms. The second kappa shape index (κ2) is 7.05. The third-order valence-corrected chi connectivity index (χ3v) is 4.63. The summed E-state index contributed by atoms with van der Waals surface area (Å²) < 4.78 is 13.2. The second-order valence-corrected chi connectivity index (χ2v) is 6.25. The zero-order chi connectivity index (χ0) is 15.4. The van der Waals surface area contributed by atoms with Crippen LogP contribution in [0, 0.1) is 11.7 Å². The Hall–Kier alpha value is -1.68. The minimum Gasteiger partial charge on any atom is -0.336 e. The molecule has 4 heteroatoms. The molecule has 1 atom stereocenters. The van der Waals surface area contributed by atoms with E-state index >= 15 is 0 Å². The summed E-state index contributed by atoms with van der Waals surface area (Å²) in [5, 5.41) is 0. The van der Waals surface area contributed by atoms with Crippen LogP contribution in [0.2, 0.25) is 0 Å². The van der Waals surface area contributed by atoms with Gasteiger partial charge in [0.05, 0.1) is 0 Å². The topological polar surface area (TPSA) is 23.6 Å². The summed E-state index contributed by atoms with van der Waals surface area (Å²) in [6, 6.07) is 5.97. The van der Waals surface area contributed by atoms with E-state index < -0.39 is 0 Å². The number of rotatable bonds is 3. The number of nitrogens with zero attached hydrogens (tertiary/aromatic N) is 2. The van der Waals surface area contributed by atoms with Crippen LogP contribution in [0.5, 0.6) is 0 Å². The average Bonchev–Trinajstić information content (AvgIpc) is 2.56. The molecule has 3 nitrogen and oxygen atoms in total. The maximum atomic E-state index is 13.2. The van der Waals surface area contributed by atoms with Gasteiger partial charge >= 0.3 is 0 Å². The van der Waals surface area contributed by atoms with E-state index in [0.717, 1.165) is 38.6 Å². The van der Waals surface area contributed by atoms with Gasteiger partial charge in [-0.25, -0.2) is 4.39 Å². The van der Waals surface area contributed by atoms with Crippen molar-refractivity contribution in [1.82, 2.24) is 9.80 Å². The van der Waals surface area contributed by atoms with Gasteiger partial charge in [0, 0.05) is 38.3 Å². The Morgan fingerprint density at radius 2 is 2.00 bits per heavy atom. The fraction of sp³-hybridized carbons (Fsp3) is 0.500. The standard InChI is InChI=1S/C18H23FN2O/c19-17-8-4-7-16(13-17)18(22)21-11-9-20(10-12-21)14-15-5-2-1-3-6-15/h1-2,4,7-8,13,15H,3,5-6,9-12,14H2/t15-/m0/s1. The van der Waals surface area contributed by atoms with Crippen molar-refractivity contribution >= 4 is 5.91 Å². The highest BCUT2D eigenvalue weighted by atomic mass is 19.1. The van der Waals surface area contributed by atoms with Crippen LogP contribution in [-0.2, 0) is 0 Å². The summed E-state index contributed by atoms with van der Waals surface area (Å²) in [5.74, 6) is 0.352. The van der Waals surface area contributed by atoms with E-state index in [1.165, 1.54) is 31.4 Å². The van der Waals surface area contributed by atoms with Gasteiger partial charge in [0.25, 0.3) is 5.91 Å². The largest absolute Gasteiger partial charge is 0.336 e. The molecular formula is C18H23FN2O. The van der Waals surface area contributed by atoms with Gasteiger partial charge in [-0.1, -0.05) is 18.2 Å². The molecular weight excluding hydrogens is 279 g/mol. The number of benzene rings is 1. The van der Waals surface area contributed by atoms with Crippen molar-refractivity contribution in [2.24, 2.45) is 5.92 Å². The molecule has 118 valence electrons. The van der Waals surface area contributed by atoms with E-state index in [9.17, 15) is 9.18 Å². The molecule has 2 aliphatic rings. The number of carbonyl (C=O) groups is 1. The molecule has 1 aliphatic heterocycles. The Morgan fingerprint density at radius 1 is 1.18 bits per heavy atom. The zero-order valence-corrected chi connectivity index (χ0v) is 12.9. The van der Waals surface area contributed by atoms with Crippen molar-refractivity contribution < 1.29 is 9.18 Å². The molecule has 1 saturated heterocycles. The lowest BCUT2D eigenvalue weighted by Crippen LogP contribution is -2.49. The molecule has 1 fully saturated rings. The van der Waals surface area contributed by atoms with E-state index in [2.05, 4.69) is 17.1 Å². The number of hydrogen-bond acceptors (Lipinski definition) is 2. The molecule has 1 aromatic rings. The van der Waals surface area contributed by atoms with Crippen LogP contribution < -0.4 is 0 Å². The van der Waals surface area contributed by atoms with Gasteiger partial charge in [0.1, 0.15) is 5.82 Å². The van der Waals surface area contributed by atoms with Crippen LogP contribution in [-0.4, -0.2) is 48.4 Å². The van der Waals surface area contributed by atoms with E-state index in [1.807, 2.05) is 4.90 Å². The lowest BCUT2D eigenvalue weighted by atomic mass is 9.94. The minimum absolute atomic E-state index is 0.0558. The Bertz CT molecular complexity index is 550. The van der Waals surface area contributed by atoms with Gasteiger partial charge in [-0.3, -0.25) is 9.69 Å². The maximum Gasteiger partial charge on any atom is 0.254 e. The predicted molar refractivity (Wildman–Crippen MR) is 85.2 cm³/mol. The van der Waals surface area contributed by atoms with E-state index in [4.69, 9.17) is 0 Å². The minimum atomic E-state index is -0.352. The van der Waals surface area contributed by atoms with Gasteiger partial charge < -0.3 is 4.90 Å². The van der Waals surface area contributed by atoms with E-state index in [0.29, 0.717) is 5.56 Å². The molecule has 1 heterocycles. The molecule has 0 aromatic heterocycles. The average molecular weight is 302 g/mol. The van der Waals surface area contributed by atoms with Crippen molar-refractivity contribution in [3.8, 4) is 0 Å². The molecule has 0 saturated carbocycles. The quantitative estimate of drug-likeness (QED) is 0.802. The highest BCUT2D eigenvalue weighted by Gasteiger charge is 2.24. The Morgan fingerprint density at radius 3 is 2.68 bits per heavy atom. The monoisotopic (exact) mass is 302 g/mol. The number of allylic oxidation sites excluding steroid dienone is 2. The second-order valence-electron chi connectivity index (χ2n) is 6.25. The summed E-state index contributed by atoms with van der Waals surface area (Å²) >= 11 is 0. The van der Waals surface area contributed by atoms with Crippen molar-refractivity contribution in [2.75, 3.05) is 32.7 Å². The van der Waals surface area contributed by atoms with Gasteiger partial charge in [-0.15, -0.1) is 0 Å². The summed E-state index contributed by atoms with van der Waals surface area (Å²) in [6.07, 6.45) is 8.22. The van der Waals surface area contributed by atoms with Crippen LogP contribution in [0.3, 0.4) is 0 Å². The van der Waals surface area contributed by atoms with Crippen molar-refractivity contribution in [1.29, 1.82) is 0 Å². The Labute approximate surface area is 131 Å².